The maximum Gasteiger partial charge on any atom is 0.216 e. The molecule has 7 heteroatoms. The second kappa shape index (κ2) is 5.42. The summed E-state index contributed by atoms with van der Waals surface area (Å²) in [6.45, 7) is 2.02. The van der Waals surface area contributed by atoms with E-state index in [1.165, 1.54) is 6.33 Å². The normalized spacial score (nSPS) is 10.4. The first kappa shape index (κ1) is 12.9. The zero-order chi connectivity index (χ0) is 13.1. The molecule has 2 heterocycles. The number of aryl methyl sites for hydroxylation is 1. The fraction of sp³-hybridized carbons (Fsp3) is 0.273. The SMILES string of the molecule is CCc1nc(-c2cc(OC)ncn2)nc(N)c1I. The van der Waals surface area contributed by atoms with Crippen LogP contribution in [-0.4, -0.2) is 27.0 Å². The lowest BCUT2D eigenvalue weighted by molar-refractivity contribution is 0.397. The van der Waals surface area contributed by atoms with Crippen molar-refractivity contribution in [2.75, 3.05) is 12.8 Å². The van der Waals surface area contributed by atoms with Crippen LogP contribution in [0.15, 0.2) is 12.4 Å². The summed E-state index contributed by atoms with van der Waals surface area (Å²) in [5.41, 5.74) is 7.38. The number of nitrogen functional groups attached to an aromatic ring is 1. The van der Waals surface area contributed by atoms with Crippen LogP contribution in [0, 0.1) is 3.57 Å². The summed E-state index contributed by atoms with van der Waals surface area (Å²) in [6, 6.07) is 1.68. The fourth-order valence-electron chi connectivity index (χ4n) is 1.44. The van der Waals surface area contributed by atoms with Crippen molar-refractivity contribution in [3.8, 4) is 17.4 Å². The van der Waals surface area contributed by atoms with Gasteiger partial charge in [-0.05, 0) is 29.0 Å². The van der Waals surface area contributed by atoms with Crippen LogP contribution in [0.5, 0.6) is 5.88 Å². The molecule has 2 rings (SSSR count). The van der Waals surface area contributed by atoms with E-state index in [-0.39, 0.29) is 0 Å². The van der Waals surface area contributed by atoms with Gasteiger partial charge in [-0.1, -0.05) is 6.92 Å². The number of methoxy groups -OCH3 is 1. The van der Waals surface area contributed by atoms with E-state index in [0.717, 1.165) is 15.7 Å². The maximum absolute atomic E-state index is 5.87. The van der Waals surface area contributed by atoms with Crippen LogP contribution >= 0.6 is 22.6 Å². The molecule has 6 nitrogen and oxygen atoms in total. The summed E-state index contributed by atoms with van der Waals surface area (Å²) < 4.78 is 5.94. The third-order valence-electron chi connectivity index (χ3n) is 2.36. The van der Waals surface area contributed by atoms with Gasteiger partial charge in [-0.2, -0.15) is 0 Å². The Balaban J connectivity index is 2.53. The number of nitrogens with two attached hydrogens (primary N) is 1. The standard InChI is InChI=1S/C11H12IN5O/c1-3-6-9(12)10(13)17-11(16-6)7-4-8(18-2)15-5-14-7/h4-5H,3H2,1-2H3,(H2,13,16,17). The molecule has 0 aromatic carbocycles. The molecule has 0 bridgehead atoms. The van der Waals surface area contributed by atoms with E-state index in [9.17, 15) is 0 Å². The molecule has 0 spiro atoms. The molecule has 0 radical (unpaired) electrons. The maximum atomic E-state index is 5.87. The topological polar surface area (TPSA) is 86.8 Å². The first-order valence-electron chi connectivity index (χ1n) is 5.34. The largest absolute Gasteiger partial charge is 0.481 e. The molecule has 18 heavy (non-hydrogen) atoms. The summed E-state index contributed by atoms with van der Waals surface area (Å²) in [5, 5.41) is 0. The van der Waals surface area contributed by atoms with Gasteiger partial charge in [0.2, 0.25) is 5.88 Å². The van der Waals surface area contributed by atoms with Crippen LogP contribution in [-0.2, 0) is 6.42 Å². The average molecular weight is 357 g/mol. The zero-order valence-electron chi connectivity index (χ0n) is 10.0. The third kappa shape index (κ3) is 2.50. The number of anilines is 1. The van der Waals surface area contributed by atoms with E-state index in [4.69, 9.17) is 10.5 Å². The van der Waals surface area contributed by atoms with Crippen LogP contribution in [0.3, 0.4) is 0 Å². The van der Waals surface area contributed by atoms with Crippen molar-refractivity contribution in [3.63, 3.8) is 0 Å². The van der Waals surface area contributed by atoms with Crippen LogP contribution in [0.25, 0.3) is 11.5 Å². The Morgan fingerprint density at radius 2 is 2.11 bits per heavy atom. The van der Waals surface area contributed by atoms with E-state index in [0.29, 0.717) is 23.2 Å². The molecule has 0 fully saturated rings. The van der Waals surface area contributed by atoms with Crippen LogP contribution in [0.1, 0.15) is 12.6 Å². The zero-order valence-corrected chi connectivity index (χ0v) is 12.2. The lowest BCUT2D eigenvalue weighted by Gasteiger charge is -2.07. The molecule has 0 saturated carbocycles. The quantitative estimate of drug-likeness (QED) is 0.842. The van der Waals surface area contributed by atoms with Gasteiger partial charge in [-0.15, -0.1) is 0 Å². The van der Waals surface area contributed by atoms with Gasteiger partial charge in [0.25, 0.3) is 0 Å². The molecular formula is C11H12IN5O. The summed E-state index contributed by atoms with van der Waals surface area (Å²) in [7, 11) is 1.55. The Labute approximate surface area is 118 Å². The van der Waals surface area contributed by atoms with Gasteiger partial charge in [0.1, 0.15) is 17.8 Å². The molecule has 0 aliphatic rings. The van der Waals surface area contributed by atoms with Gasteiger partial charge in [-0.25, -0.2) is 19.9 Å². The van der Waals surface area contributed by atoms with E-state index in [2.05, 4.69) is 42.5 Å². The van der Waals surface area contributed by atoms with E-state index < -0.39 is 0 Å². The predicted octanol–water partition coefficient (Wildman–Crippen LogP) is 1.69. The highest BCUT2D eigenvalue weighted by Gasteiger charge is 2.11. The molecule has 0 atom stereocenters. The lowest BCUT2D eigenvalue weighted by Crippen LogP contribution is -2.05. The second-order valence-corrected chi connectivity index (χ2v) is 4.57. The van der Waals surface area contributed by atoms with E-state index in [1.54, 1.807) is 13.2 Å². The fourth-order valence-corrected chi connectivity index (χ4v) is 2.06. The van der Waals surface area contributed by atoms with Gasteiger partial charge >= 0.3 is 0 Å². The van der Waals surface area contributed by atoms with Crippen LogP contribution in [0.4, 0.5) is 5.82 Å². The Morgan fingerprint density at radius 1 is 1.33 bits per heavy atom. The predicted molar refractivity (Wildman–Crippen MR) is 76.1 cm³/mol. The smallest absolute Gasteiger partial charge is 0.216 e. The van der Waals surface area contributed by atoms with Crippen molar-refractivity contribution in [2.24, 2.45) is 0 Å². The highest BCUT2D eigenvalue weighted by molar-refractivity contribution is 14.1. The molecule has 2 N–H and O–H groups in total. The number of hydrogen-bond acceptors (Lipinski definition) is 6. The Kier molecular flexibility index (Phi) is 3.90. The summed E-state index contributed by atoms with van der Waals surface area (Å²) in [4.78, 5) is 16.8. The number of ether oxygens (including phenoxy) is 1. The lowest BCUT2D eigenvalue weighted by atomic mass is 10.3. The number of aromatic nitrogens is 4. The van der Waals surface area contributed by atoms with Gasteiger partial charge in [0.05, 0.1) is 16.4 Å². The Bertz CT molecular complexity index is 575. The van der Waals surface area contributed by atoms with Crippen LogP contribution < -0.4 is 10.5 Å². The van der Waals surface area contributed by atoms with Crippen molar-refractivity contribution in [1.82, 2.24) is 19.9 Å². The minimum absolute atomic E-state index is 0.468. The summed E-state index contributed by atoms with van der Waals surface area (Å²) >= 11 is 2.15. The average Bonchev–Trinajstić information content (AvgIpc) is 2.41. The van der Waals surface area contributed by atoms with Crippen molar-refractivity contribution in [3.05, 3.63) is 21.7 Å². The van der Waals surface area contributed by atoms with Gasteiger partial charge in [0, 0.05) is 6.07 Å². The second-order valence-electron chi connectivity index (χ2n) is 3.49. The number of rotatable bonds is 3. The molecule has 0 aliphatic carbocycles. The van der Waals surface area contributed by atoms with Gasteiger partial charge in [-0.3, -0.25) is 0 Å². The molecule has 2 aromatic heterocycles. The molecular weight excluding hydrogens is 345 g/mol. The molecule has 0 saturated heterocycles. The minimum atomic E-state index is 0.468. The Hall–Kier alpha value is -1.51. The first-order chi connectivity index (χ1) is 8.65. The first-order valence-corrected chi connectivity index (χ1v) is 6.41. The number of nitrogens with zero attached hydrogens (tertiary/aromatic N) is 4. The van der Waals surface area contributed by atoms with Crippen LogP contribution in [0.2, 0.25) is 0 Å². The summed E-state index contributed by atoms with van der Waals surface area (Å²) in [5.74, 6) is 1.43. The number of halogens is 1. The monoisotopic (exact) mass is 357 g/mol. The minimum Gasteiger partial charge on any atom is -0.481 e. The van der Waals surface area contributed by atoms with Gasteiger partial charge < -0.3 is 10.5 Å². The van der Waals surface area contributed by atoms with Crippen molar-refractivity contribution >= 4 is 28.4 Å². The molecule has 2 aromatic rings. The highest BCUT2D eigenvalue weighted by atomic mass is 127. The Morgan fingerprint density at radius 3 is 2.78 bits per heavy atom. The summed E-state index contributed by atoms with van der Waals surface area (Å²) in [6.07, 6.45) is 2.21. The van der Waals surface area contributed by atoms with Gasteiger partial charge in [0.15, 0.2) is 5.82 Å². The highest BCUT2D eigenvalue weighted by Crippen LogP contribution is 2.22. The van der Waals surface area contributed by atoms with Crippen molar-refractivity contribution in [1.29, 1.82) is 0 Å². The molecule has 0 amide bonds. The molecule has 0 aliphatic heterocycles. The van der Waals surface area contributed by atoms with Crippen molar-refractivity contribution in [2.45, 2.75) is 13.3 Å². The number of hydrogen-bond donors (Lipinski definition) is 1. The third-order valence-corrected chi connectivity index (χ3v) is 3.54. The molecule has 0 unspecified atom stereocenters. The van der Waals surface area contributed by atoms with E-state index >= 15 is 0 Å². The van der Waals surface area contributed by atoms with Crippen molar-refractivity contribution < 1.29 is 4.74 Å². The molecule has 94 valence electrons. The van der Waals surface area contributed by atoms with E-state index in [1.807, 2.05) is 6.92 Å².